The molecule has 1 aliphatic rings. The second kappa shape index (κ2) is 7.80. The number of thioether (sulfide) groups is 1. The molecule has 1 aromatic carbocycles. The maximum atomic E-state index is 10.7. The molecule has 2 rings (SSSR count). The van der Waals surface area contributed by atoms with Gasteiger partial charge in [0.05, 0.1) is 11.5 Å². The van der Waals surface area contributed by atoms with Crippen molar-refractivity contribution in [3.63, 3.8) is 0 Å². The molecule has 3 unspecified atom stereocenters. The Kier molecular flexibility index (Phi) is 6.44. The van der Waals surface area contributed by atoms with Gasteiger partial charge in [-0.15, -0.1) is 11.8 Å². The van der Waals surface area contributed by atoms with E-state index in [4.69, 9.17) is 0 Å². The molecule has 3 atom stereocenters. The van der Waals surface area contributed by atoms with Crippen LogP contribution < -0.4 is 0 Å². The van der Waals surface area contributed by atoms with Crippen molar-refractivity contribution in [3.05, 3.63) is 30.3 Å². The fraction of sp³-hybridized carbons (Fsp3) is 0.714. The van der Waals surface area contributed by atoms with Crippen LogP contribution in [-0.4, -0.2) is 34.1 Å². The fourth-order valence-electron chi connectivity index (χ4n) is 3.79. The summed E-state index contributed by atoms with van der Waals surface area (Å²) in [7, 11) is 0. The first kappa shape index (κ1) is 19.8. The number of likely N-dealkylation sites (tertiary alicyclic amines) is 1. The van der Waals surface area contributed by atoms with Crippen molar-refractivity contribution in [2.24, 2.45) is 10.8 Å². The summed E-state index contributed by atoms with van der Waals surface area (Å²) in [6, 6.07) is 10.8. The molecule has 1 fully saturated rings. The number of hydrogen-bond donors (Lipinski definition) is 1. The average molecular weight is 350 g/mol. The summed E-state index contributed by atoms with van der Waals surface area (Å²) >= 11 is 1.91. The highest BCUT2D eigenvalue weighted by molar-refractivity contribution is 7.99. The van der Waals surface area contributed by atoms with Gasteiger partial charge in [0.1, 0.15) is 0 Å². The van der Waals surface area contributed by atoms with Crippen molar-refractivity contribution in [2.75, 3.05) is 6.54 Å². The molecule has 0 radical (unpaired) electrons. The lowest BCUT2D eigenvalue weighted by Gasteiger charge is -2.39. The van der Waals surface area contributed by atoms with Crippen molar-refractivity contribution >= 4 is 11.8 Å². The van der Waals surface area contributed by atoms with Crippen LogP contribution in [0.5, 0.6) is 0 Å². The van der Waals surface area contributed by atoms with E-state index in [1.54, 1.807) is 0 Å². The molecule has 0 amide bonds. The molecule has 3 heteroatoms. The molecule has 0 aliphatic carbocycles. The number of hydrogen-bond acceptors (Lipinski definition) is 3. The monoisotopic (exact) mass is 349 g/mol. The van der Waals surface area contributed by atoms with Gasteiger partial charge in [0.2, 0.25) is 0 Å². The first-order chi connectivity index (χ1) is 11.1. The van der Waals surface area contributed by atoms with E-state index in [9.17, 15) is 5.11 Å². The quantitative estimate of drug-likeness (QED) is 0.768. The zero-order chi connectivity index (χ0) is 18.0. The molecule has 0 bridgehead atoms. The number of rotatable bonds is 5. The Hall–Kier alpha value is -0.510. The van der Waals surface area contributed by atoms with Crippen LogP contribution in [0.1, 0.15) is 60.8 Å². The van der Waals surface area contributed by atoms with Crippen LogP contribution in [0.25, 0.3) is 0 Å². The van der Waals surface area contributed by atoms with Crippen molar-refractivity contribution in [3.8, 4) is 0 Å². The van der Waals surface area contributed by atoms with E-state index >= 15 is 0 Å². The summed E-state index contributed by atoms with van der Waals surface area (Å²) in [6.45, 7) is 14.8. The highest BCUT2D eigenvalue weighted by Crippen LogP contribution is 2.42. The Bertz CT molecular complexity index is 503. The smallest absolute Gasteiger partial charge is 0.0724 e. The number of nitrogens with zero attached hydrogens (tertiary/aromatic N) is 1. The normalized spacial score (nSPS) is 26.0. The predicted octanol–water partition coefficient (Wildman–Crippen LogP) is 5.41. The minimum Gasteiger partial charge on any atom is -0.391 e. The maximum Gasteiger partial charge on any atom is 0.0724 e. The fourth-order valence-corrected chi connectivity index (χ4v) is 5.09. The minimum absolute atomic E-state index is 0.0904. The Balaban J connectivity index is 2.12. The zero-order valence-electron chi connectivity index (χ0n) is 16.2. The first-order valence-electron chi connectivity index (χ1n) is 9.23. The summed E-state index contributed by atoms with van der Waals surface area (Å²) in [5.74, 6) is 0. The van der Waals surface area contributed by atoms with Gasteiger partial charge in [-0.3, -0.25) is 4.90 Å². The Morgan fingerprint density at radius 1 is 1.08 bits per heavy atom. The molecule has 24 heavy (non-hydrogen) atoms. The highest BCUT2D eigenvalue weighted by atomic mass is 32.2. The van der Waals surface area contributed by atoms with Gasteiger partial charge in [0, 0.05) is 17.4 Å². The van der Waals surface area contributed by atoms with E-state index in [1.165, 1.54) is 17.7 Å². The van der Waals surface area contributed by atoms with Crippen molar-refractivity contribution in [1.29, 1.82) is 0 Å². The third-order valence-corrected chi connectivity index (χ3v) is 6.06. The summed E-state index contributed by atoms with van der Waals surface area (Å²) in [4.78, 5) is 3.87. The summed E-state index contributed by atoms with van der Waals surface area (Å²) in [5, 5.41) is 11.1. The van der Waals surface area contributed by atoms with Crippen LogP contribution in [0, 0.1) is 10.8 Å². The second-order valence-electron chi connectivity index (χ2n) is 9.40. The van der Waals surface area contributed by atoms with Crippen LogP contribution in [0.15, 0.2) is 35.2 Å². The van der Waals surface area contributed by atoms with Crippen LogP contribution in [0.3, 0.4) is 0 Å². The van der Waals surface area contributed by atoms with Crippen LogP contribution in [0.4, 0.5) is 0 Å². The minimum atomic E-state index is -0.235. The number of aliphatic hydroxyl groups excluding tert-OH is 1. The SMILES string of the molecule is CC(C)(C)CCCN1C(Sc2ccccc2)CC(O)C1C(C)(C)C. The number of benzene rings is 1. The standard InChI is InChI=1S/C21H35NOS/c1-20(2,3)13-10-14-22-18(24-16-11-8-7-9-12-16)15-17(23)19(22)21(4,5)6/h7-9,11-12,17-19,23H,10,13-15H2,1-6H3. The molecular weight excluding hydrogens is 314 g/mol. The largest absolute Gasteiger partial charge is 0.391 e. The first-order valence-corrected chi connectivity index (χ1v) is 10.1. The van der Waals surface area contributed by atoms with Gasteiger partial charge in [-0.2, -0.15) is 0 Å². The van der Waals surface area contributed by atoms with Gasteiger partial charge in [-0.25, -0.2) is 0 Å². The van der Waals surface area contributed by atoms with Crippen molar-refractivity contribution in [2.45, 2.75) is 83.2 Å². The highest BCUT2D eigenvalue weighted by Gasteiger charge is 2.46. The van der Waals surface area contributed by atoms with Gasteiger partial charge in [-0.05, 0) is 42.3 Å². The molecule has 1 heterocycles. The molecule has 136 valence electrons. The van der Waals surface area contributed by atoms with E-state index in [0.29, 0.717) is 10.8 Å². The van der Waals surface area contributed by atoms with E-state index in [0.717, 1.165) is 13.0 Å². The van der Waals surface area contributed by atoms with Crippen molar-refractivity contribution < 1.29 is 5.11 Å². The van der Waals surface area contributed by atoms with Gasteiger partial charge in [0.25, 0.3) is 0 Å². The summed E-state index contributed by atoms with van der Waals surface area (Å²) < 4.78 is 0. The summed E-state index contributed by atoms with van der Waals surface area (Å²) in [6.07, 6.45) is 3.03. The third kappa shape index (κ3) is 5.50. The van der Waals surface area contributed by atoms with Crippen LogP contribution in [-0.2, 0) is 0 Å². The van der Waals surface area contributed by atoms with Crippen LogP contribution in [0.2, 0.25) is 0 Å². The molecule has 0 spiro atoms. The van der Waals surface area contributed by atoms with Crippen LogP contribution >= 0.6 is 11.8 Å². The third-order valence-electron chi connectivity index (χ3n) is 4.78. The summed E-state index contributed by atoms with van der Waals surface area (Å²) in [5.41, 5.74) is 0.463. The molecule has 1 aromatic rings. The topological polar surface area (TPSA) is 23.5 Å². The molecule has 1 saturated heterocycles. The van der Waals surface area contributed by atoms with E-state index in [2.05, 4.69) is 76.8 Å². The molecule has 0 saturated carbocycles. The van der Waals surface area contributed by atoms with Gasteiger partial charge in [-0.1, -0.05) is 59.7 Å². The van der Waals surface area contributed by atoms with Gasteiger partial charge < -0.3 is 5.11 Å². The molecular formula is C21H35NOS. The molecule has 1 aliphatic heterocycles. The van der Waals surface area contributed by atoms with Gasteiger partial charge >= 0.3 is 0 Å². The molecule has 0 aromatic heterocycles. The average Bonchev–Trinajstić information content (AvgIpc) is 2.74. The van der Waals surface area contributed by atoms with E-state index in [-0.39, 0.29) is 17.6 Å². The lowest BCUT2D eigenvalue weighted by molar-refractivity contribution is 0.0423. The Morgan fingerprint density at radius 3 is 2.25 bits per heavy atom. The second-order valence-corrected chi connectivity index (χ2v) is 10.7. The van der Waals surface area contributed by atoms with Gasteiger partial charge in [0.15, 0.2) is 0 Å². The molecule has 2 nitrogen and oxygen atoms in total. The maximum absolute atomic E-state index is 10.7. The lowest BCUT2D eigenvalue weighted by atomic mass is 9.83. The zero-order valence-corrected chi connectivity index (χ0v) is 17.1. The van der Waals surface area contributed by atoms with E-state index in [1.807, 2.05) is 11.8 Å². The predicted molar refractivity (Wildman–Crippen MR) is 105 cm³/mol. The van der Waals surface area contributed by atoms with E-state index < -0.39 is 0 Å². The molecule has 1 N–H and O–H groups in total. The Labute approximate surface area is 153 Å². The van der Waals surface area contributed by atoms with Crippen molar-refractivity contribution in [1.82, 2.24) is 4.90 Å². The lowest BCUT2D eigenvalue weighted by Crippen LogP contribution is -2.47. The number of aliphatic hydroxyl groups is 1. The Morgan fingerprint density at radius 2 is 1.71 bits per heavy atom.